The van der Waals surface area contributed by atoms with E-state index in [1.165, 1.54) is 6.92 Å². The van der Waals surface area contributed by atoms with Crippen molar-refractivity contribution in [3.05, 3.63) is 34.3 Å². The molecule has 0 spiro atoms. The third-order valence-electron chi connectivity index (χ3n) is 2.32. The Morgan fingerprint density at radius 1 is 1.47 bits per heavy atom. The second kappa shape index (κ2) is 4.45. The summed E-state index contributed by atoms with van der Waals surface area (Å²) in [4.78, 5) is 0. The molecule has 0 saturated carbocycles. The zero-order valence-electron chi connectivity index (χ0n) is 8.73. The lowest BCUT2D eigenvalue weighted by molar-refractivity contribution is 0.0639. The molecule has 1 rings (SSSR count). The van der Waals surface area contributed by atoms with Crippen LogP contribution in [0.15, 0.2) is 18.2 Å². The van der Waals surface area contributed by atoms with Crippen LogP contribution >= 0.6 is 11.6 Å². The zero-order valence-corrected chi connectivity index (χ0v) is 9.48. The predicted molar refractivity (Wildman–Crippen MR) is 58.5 cm³/mol. The Bertz CT molecular complexity index is 350. The molecule has 0 aliphatic rings. The number of nitrogens with two attached hydrogens (primary N) is 1. The smallest absolute Gasteiger partial charge is 0.256 e. The fourth-order valence-electron chi connectivity index (χ4n) is 1.26. The highest BCUT2D eigenvalue weighted by atomic mass is 35.5. The van der Waals surface area contributed by atoms with Gasteiger partial charge in [0.05, 0.1) is 5.54 Å². The molecule has 15 heavy (non-hydrogen) atoms. The van der Waals surface area contributed by atoms with Gasteiger partial charge in [0.1, 0.15) is 0 Å². The molecule has 84 valence electrons. The van der Waals surface area contributed by atoms with E-state index in [1.54, 1.807) is 18.2 Å². The monoisotopic (exact) mass is 233 g/mol. The Morgan fingerprint density at radius 2 is 2.07 bits per heavy atom. The van der Waals surface area contributed by atoms with Crippen LogP contribution in [0.4, 0.5) is 8.78 Å². The van der Waals surface area contributed by atoms with Crippen LogP contribution in [0, 0.1) is 6.92 Å². The molecule has 0 saturated heterocycles. The van der Waals surface area contributed by atoms with Gasteiger partial charge in [-0.25, -0.2) is 8.78 Å². The highest BCUT2D eigenvalue weighted by Crippen LogP contribution is 2.22. The van der Waals surface area contributed by atoms with E-state index < -0.39 is 12.0 Å². The Labute approximate surface area is 93.2 Å². The molecule has 0 bridgehead atoms. The summed E-state index contributed by atoms with van der Waals surface area (Å²) in [6, 6.07) is 5.26. The summed E-state index contributed by atoms with van der Waals surface area (Å²) in [7, 11) is 0. The Hall–Kier alpha value is -0.670. The van der Waals surface area contributed by atoms with Crippen molar-refractivity contribution < 1.29 is 8.78 Å². The first kappa shape index (κ1) is 12.4. The van der Waals surface area contributed by atoms with E-state index in [4.69, 9.17) is 17.3 Å². The van der Waals surface area contributed by atoms with Crippen molar-refractivity contribution in [3.63, 3.8) is 0 Å². The van der Waals surface area contributed by atoms with E-state index >= 15 is 0 Å². The van der Waals surface area contributed by atoms with Crippen LogP contribution in [0.5, 0.6) is 0 Å². The molecule has 1 aromatic rings. The molecule has 2 N–H and O–H groups in total. The van der Waals surface area contributed by atoms with Crippen molar-refractivity contribution in [2.24, 2.45) is 5.73 Å². The fraction of sp³-hybridized carbons (Fsp3) is 0.455. The molecule has 0 fully saturated rings. The van der Waals surface area contributed by atoms with E-state index in [9.17, 15) is 8.78 Å². The number of hydrogen-bond donors (Lipinski definition) is 1. The third-order valence-corrected chi connectivity index (χ3v) is 2.73. The van der Waals surface area contributed by atoms with Gasteiger partial charge in [0.25, 0.3) is 6.43 Å². The Balaban J connectivity index is 2.86. The average Bonchev–Trinajstić information content (AvgIpc) is 2.10. The minimum Gasteiger partial charge on any atom is -0.320 e. The SMILES string of the molecule is Cc1ccc(CC(C)(N)C(F)F)cc1Cl. The fourth-order valence-corrected chi connectivity index (χ4v) is 1.47. The molecule has 0 aliphatic heterocycles. The Morgan fingerprint density at radius 3 is 2.53 bits per heavy atom. The van der Waals surface area contributed by atoms with Gasteiger partial charge in [0, 0.05) is 5.02 Å². The molecule has 0 aliphatic carbocycles. The van der Waals surface area contributed by atoms with Crippen molar-refractivity contribution in [3.8, 4) is 0 Å². The number of aryl methyl sites for hydroxylation is 1. The summed E-state index contributed by atoms with van der Waals surface area (Å²) in [6.45, 7) is 3.20. The molecule has 0 aromatic heterocycles. The summed E-state index contributed by atoms with van der Waals surface area (Å²) in [5.74, 6) is 0. The molecule has 1 unspecified atom stereocenters. The van der Waals surface area contributed by atoms with Crippen LogP contribution in [-0.2, 0) is 6.42 Å². The molecular formula is C11H14ClF2N. The minimum absolute atomic E-state index is 0.116. The number of rotatable bonds is 3. The van der Waals surface area contributed by atoms with Crippen LogP contribution in [0.3, 0.4) is 0 Å². The highest BCUT2D eigenvalue weighted by Gasteiger charge is 2.30. The van der Waals surface area contributed by atoms with E-state index in [2.05, 4.69) is 0 Å². The average molecular weight is 234 g/mol. The van der Waals surface area contributed by atoms with Gasteiger partial charge in [-0.3, -0.25) is 0 Å². The van der Waals surface area contributed by atoms with Crippen molar-refractivity contribution in [1.29, 1.82) is 0 Å². The lowest BCUT2D eigenvalue weighted by Gasteiger charge is -2.23. The lowest BCUT2D eigenvalue weighted by Crippen LogP contribution is -2.45. The maximum absolute atomic E-state index is 12.5. The van der Waals surface area contributed by atoms with Crippen molar-refractivity contribution >= 4 is 11.6 Å². The molecular weight excluding hydrogens is 220 g/mol. The predicted octanol–water partition coefficient (Wildman–Crippen LogP) is 3.17. The van der Waals surface area contributed by atoms with E-state index in [1.807, 2.05) is 6.92 Å². The van der Waals surface area contributed by atoms with Crippen LogP contribution in [0.1, 0.15) is 18.1 Å². The number of halogens is 3. The van der Waals surface area contributed by atoms with Gasteiger partial charge in [0.2, 0.25) is 0 Å². The molecule has 0 radical (unpaired) electrons. The Kier molecular flexibility index (Phi) is 3.68. The largest absolute Gasteiger partial charge is 0.320 e. The van der Waals surface area contributed by atoms with Gasteiger partial charge in [-0.15, -0.1) is 0 Å². The second-order valence-corrected chi connectivity index (χ2v) is 4.47. The van der Waals surface area contributed by atoms with Crippen LogP contribution in [0.25, 0.3) is 0 Å². The van der Waals surface area contributed by atoms with Gasteiger partial charge in [-0.05, 0) is 37.5 Å². The van der Waals surface area contributed by atoms with Gasteiger partial charge in [-0.2, -0.15) is 0 Å². The first-order valence-corrected chi connectivity index (χ1v) is 5.03. The minimum atomic E-state index is -2.54. The summed E-state index contributed by atoms with van der Waals surface area (Å²) in [6.07, 6.45) is -2.43. The maximum atomic E-state index is 12.5. The first-order valence-electron chi connectivity index (χ1n) is 4.65. The van der Waals surface area contributed by atoms with Gasteiger partial charge < -0.3 is 5.73 Å². The standard InChI is InChI=1S/C11H14ClF2N/c1-7-3-4-8(5-9(7)12)6-11(2,15)10(13)14/h3-5,10H,6,15H2,1-2H3. The van der Waals surface area contributed by atoms with Gasteiger partial charge in [0.15, 0.2) is 0 Å². The summed E-state index contributed by atoms with van der Waals surface area (Å²) < 4.78 is 25.0. The molecule has 0 amide bonds. The van der Waals surface area contributed by atoms with E-state index in [0.717, 1.165) is 11.1 Å². The number of alkyl halides is 2. The van der Waals surface area contributed by atoms with E-state index in [-0.39, 0.29) is 6.42 Å². The van der Waals surface area contributed by atoms with Crippen LogP contribution in [0.2, 0.25) is 5.02 Å². The zero-order chi connectivity index (χ0) is 11.6. The van der Waals surface area contributed by atoms with Crippen molar-refractivity contribution in [2.45, 2.75) is 32.2 Å². The quantitative estimate of drug-likeness (QED) is 0.853. The molecule has 0 heterocycles. The maximum Gasteiger partial charge on any atom is 0.256 e. The first-order chi connectivity index (χ1) is 6.83. The van der Waals surface area contributed by atoms with Gasteiger partial charge >= 0.3 is 0 Å². The molecule has 1 nitrogen and oxygen atoms in total. The van der Waals surface area contributed by atoms with Crippen molar-refractivity contribution in [2.75, 3.05) is 0 Å². The van der Waals surface area contributed by atoms with Crippen molar-refractivity contribution in [1.82, 2.24) is 0 Å². The number of benzene rings is 1. The summed E-state index contributed by atoms with van der Waals surface area (Å²) in [5, 5.41) is 0.581. The highest BCUT2D eigenvalue weighted by molar-refractivity contribution is 6.31. The summed E-state index contributed by atoms with van der Waals surface area (Å²) >= 11 is 5.89. The van der Waals surface area contributed by atoms with Crippen LogP contribution in [-0.4, -0.2) is 12.0 Å². The van der Waals surface area contributed by atoms with E-state index in [0.29, 0.717) is 5.02 Å². The second-order valence-electron chi connectivity index (χ2n) is 4.07. The lowest BCUT2D eigenvalue weighted by atomic mass is 9.94. The van der Waals surface area contributed by atoms with Gasteiger partial charge in [-0.1, -0.05) is 23.7 Å². The molecule has 4 heteroatoms. The molecule has 1 aromatic carbocycles. The third kappa shape index (κ3) is 3.14. The number of hydrogen-bond acceptors (Lipinski definition) is 1. The topological polar surface area (TPSA) is 26.0 Å². The normalized spacial score (nSPS) is 15.4. The molecule has 1 atom stereocenters. The van der Waals surface area contributed by atoms with Crippen LogP contribution < -0.4 is 5.73 Å². The summed E-state index contributed by atoms with van der Waals surface area (Å²) in [5.41, 5.74) is 5.64.